The van der Waals surface area contributed by atoms with Crippen molar-refractivity contribution in [1.82, 2.24) is 9.55 Å². The van der Waals surface area contributed by atoms with Gasteiger partial charge in [-0.2, -0.15) is 9.29 Å². The normalized spacial score (nSPS) is 27.9. The molecule has 2 rings (SSSR count). The zero-order chi connectivity index (χ0) is 22.9. The maximum atomic E-state index is 12.0. The molecular formula is C11H21N4O12P3. The van der Waals surface area contributed by atoms with Crippen molar-refractivity contribution in [2.45, 2.75) is 31.4 Å². The van der Waals surface area contributed by atoms with Gasteiger partial charge in [-0.15, -0.1) is 0 Å². The number of phosphoric acid groups is 2. The van der Waals surface area contributed by atoms with Crippen molar-refractivity contribution < 1.29 is 51.4 Å². The smallest absolute Gasteiger partial charge is 0.390 e. The molecule has 0 aromatic carbocycles. The Morgan fingerprint density at radius 3 is 2.47 bits per heavy atom. The molecule has 1 fully saturated rings. The molecule has 6 atom stereocenters. The van der Waals surface area contributed by atoms with Crippen LogP contribution in [0.15, 0.2) is 11.0 Å². The van der Waals surface area contributed by atoms with Gasteiger partial charge in [-0.3, -0.25) is 13.7 Å². The zero-order valence-corrected chi connectivity index (χ0v) is 18.1. The van der Waals surface area contributed by atoms with Gasteiger partial charge in [-0.05, 0) is 0 Å². The molecule has 0 bridgehead atoms. The number of aromatic nitrogens is 2. The molecule has 8 N–H and O–H groups in total. The van der Waals surface area contributed by atoms with Crippen molar-refractivity contribution in [3.05, 3.63) is 22.2 Å². The van der Waals surface area contributed by atoms with Crippen molar-refractivity contribution >= 4 is 29.1 Å². The number of nitrogens with two attached hydrogens (primary N) is 2. The number of aliphatic hydroxyl groups is 1. The molecule has 1 saturated heterocycles. The highest BCUT2D eigenvalue weighted by Crippen LogP contribution is 2.66. The minimum atomic E-state index is -5.42. The lowest BCUT2D eigenvalue weighted by Gasteiger charge is -2.20. The number of aliphatic hydroxyl groups excluding tert-OH is 1. The van der Waals surface area contributed by atoms with Crippen LogP contribution in [0.1, 0.15) is 18.2 Å². The largest absolute Gasteiger partial charge is 0.488 e. The van der Waals surface area contributed by atoms with E-state index in [2.05, 4.69) is 18.1 Å². The van der Waals surface area contributed by atoms with Crippen LogP contribution in [0.2, 0.25) is 0 Å². The number of nitrogen functional groups attached to an aromatic ring is 1. The number of ether oxygens (including phenoxy) is 1. The van der Waals surface area contributed by atoms with Crippen LogP contribution in [0.4, 0.5) is 5.82 Å². The molecule has 1 aromatic rings. The predicted octanol–water partition coefficient (Wildman–Crippen LogP) is -1.00. The molecule has 0 aliphatic carbocycles. The fourth-order valence-corrected chi connectivity index (χ4v) is 5.94. The number of hydrogen-bond acceptors (Lipinski definition) is 12. The highest BCUT2D eigenvalue weighted by molar-refractivity contribution is 7.68. The van der Waals surface area contributed by atoms with Crippen LogP contribution in [0, 0.1) is 0 Å². The molecule has 6 unspecified atom stereocenters. The second-order valence-corrected chi connectivity index (χ2v) is 11.2. The molecule has 30 heavy (non-hydrogen) atoms. The molecular weight excluding hydrogens is 473 g/mol. The van der Waals surface area contributed by atoms with Crippen molar-refractivity contribution in [2.24, 2.45) is 5.73 Å². The van der Waals surface area contributed by atoms with Crippen LogP contribution in [-0.4, -0.2) is 54.8 Å². The van der Waals surface area contributed by atoms with Gasteiger partial charge in [0, 0.05) is 31.4 Å². The number of hydrogen-bond donors (Lipinski definition) is 6. The van der Waals surface area contributed by atoms with Gasteiger partial charge in [-0.1, -0.05) is 0 Å². The van der Waals surface area contributed by atoms with Crippen LogP contribution in [-0.2, 0) is 38.1 Å². The van der Waals surface area contributed by atoms with Crippen LogP contribution in [0.25, 0.3) is 0 Å². The number of anilines is 1. The first-order chi connectivity index (χ1) is 13.6. The molecule has 1 aliphatic heterocycles. The molecule has 1 aliphatic rings. The molecule has 0 radical (unpaired) electrons. The Labute approximate surface area is 169 Å². The number of phosphoric ester groups is 1. The minimum absolute atomic E-state index is 0.0201. The Balaban J connectivity index is 2.04. The van der Waals surface area contributed by atoms with E-state index < -0.39 is 54.0 Å². The second kappa shape index (κ2) is 9.25. The maximum absolute atomic E-state index is 12.0. The summed E-state index contributed by atoms with van der Waals surface area (Å²) in [4.78, 5) is 43.3. The highest BCUT2D eigenvalue weighted by atomic mass is 31.3. The lowest BCUT2D eigenvalue weighted by Crippen LogP contribution is -2.29. The van der Waals surface area contributed by atoms with E-state index in [4.69, 9.17) is 21.1 Å². The molecule has 19 heteroatoms. The monoisotopic (exact) mass is 494 g/mol. The van der Waals surface area contributed by atoms with Gasteiger partial charge in [0.25, 0.3) is 0 Å². The summed E-state index contributed by atoms with van der Waals surface area (Å²) >= 11 is 0. The summed E-state index contributed by atoms with van der Waals surface area (Å²) in [6.07, 6.45) is -2.40. The fraction of sp³-hybridized carbons (Fsp3) is 0.636. The van der Waals surface area contributed by atoms with Crippen molar-refractivity contribution in [1.29, 1.82) is 0 Å². The summed E-state index contributed by atoms with van der Waals surface area (Å²) in [7, 11) is -15.2. The van der Waals surface area contributed by atoms with Crippen LogP contribution in [0.3, 0.4) is 0 Å². The Bertz CT molecular complexity index is 979. The molecule has 0 amide bonds. The Kier molecular flexibility index (Phi) is 7.79. The van der Waals surface area contributed by atoms with Crippen molar-refractivity contribution in [2.75, 3.05) is 19.0 Å². The van der Waals surface area contributed by atoms with Gasteiger partial charge in [-0.25, -0.2) is 18.2 Å². The van der Waals surface area contributed by atoms with E-state index in [1.807, 2.05) is 0 Å². The Morgan fingerprint density at radius 2 is 1.90 bits per heavy atom. The first-order valence-corrected chi connectivity index (χ1v) is 13.1. The van der Waals surface area contributed by atoms with Gasteiger partial charge < -0.3 is 36.0 Å². The topological polar surface area (TPSA) is 256 Å². The standard InChI is InChI=1S/C11H21N4O12P3/c1-28(18,19)26-30(22,23)27-29(20,21)24-5-8-7(16)2-9(25-8)15-4-6(3-12)10(13)14-11(15)17/h4,7-9,16H,2-3,5,12H2,1H3,(H,18,19)(H,20,21)(H,22,23)(H2,13,14,17). The second-order valence-electron chi connectivity index (χ2n) is 6.18. The molecule has 172 valence electrons. The minimum Gasteiger partial charge on any atom is -0.390 e. The molecule has 0 saturated carbocycles. The molecule has 16 nitrogen and oxygen atoms in total. The van der Waals surface area contributed by atoms with E-state index in [9.17, 15) is 33.4 Å². The molecule has 1 aromatic heterocycles. The predicted molar refractivity (Wildman–Crippen MR) is 98.9 cm³/mol. The van der Waals surface area contributed by atoms with Crippen molar-refractivity contribution in [3.63, 3.8) is 0 Å². The van der Waals surface area contributed by atoms with Gasteiger partial charge >= 0.3 is 28.9 Å². The van der Waals surface area contributed by atoms with E-state index in [0.717, 1.165) is 4.57 Å². The van der Waals surface area contributed by atoms with Gasteiger partial charge in [0.2, 0.25) is 0 Å². The van der Waals surface area contributed by atoms with Gasteiger partial charge in [0.1, 0.15) is 18.1 Å². The lowest BCUT2D eigenvalue weighted by atomic mass is 10.2. The Hall–Kier alpha value is -0.990. The summed E-state index contributed by atoms with van der Waals surface area (Å²) in [6, 6.07) is 0. The summed E-state index contributed by atoms with van der Waals surface area (Å²) in [5.74, 6) is -0.0642. The third-order valence-electron chi connectivity index (χ3n) is 3.66. The third kappa shape index (κ3) is 7.02. The number of rotatable bonds is 9. The van der Waals surface area contributed by atoms with Gasteiger partial charge in [0.05, 0.1) is 12.7 Å². The SMILES string of the molecule is CP(=O)(O)OP(=O)(O)OP(=O)(O)OCC1OC(n2cc(CN)c(N)nc2=O)CC1O. The van der Waals surface area contributed by atoms with Crippen LogP contribution in [0.5, 0.6) is 0 Å². The summed E-state index contributed by atoms with van der Waals surface area (Å²) in [6.45, 7) is -0.279. The van der Waals surface area contributed by atoms with Crippen LogP contribution < -0.4 is 17.2 Å². The number of nitrogens with zero attached hydrogens (tertiary/aromatic N) is 2. The first kappa shape index (κ1) is 25.3. The van der Waals surface area contributed by atoms with E-state index in [0.29, 0.717) is 12.2 Å². The quantitative estimate of drug-likeness (QED) is 0.225. The molecule has 2 heterocycles. The lowest BCUT2D eigenvalue weighted by molar-refractivity contribution is -0.0449. The van der Waals surface area contributed by atoms with Crippen molar-refractivity contribution in [3.8, 4) is 0 Å². The van der Waals surface area contributed by atoms with E-state index in [1.54, 1.807) is 0 Å². The highest BCUT2D eigenvalue weighted by Gasteiger charge is 2.42. The average molecular weight is 494 g/mol. The first-order valence-electron chi connectivity index (χ1n) is 8.06. The average Bonchev–Trinajstić information content (AvgIpc) is 2.90. The summed E-state index contributed by atoms with van der Waals surface area (Å²) in [5.41, 5.74) is 10.6. The Morgan fingerprint density at radius 1 is 1.27 bits per heavy atom. The fourth-order valence-electron chi connectivity index (χ4n) is 2.45. The van der Waals surface area contributed by atoms with E-state index in [-0.39, 0.29) is 18.8 Å². The zero-order valence-electron chi connectivity index (χ0n) is 15.4. The maximum Gasteiger partial charge on any atom is 0.488 e. The molecule has 0 spiro atoms. The van der Waals surface area contributed by atoms with E-state index >= 15 is 0 Å². The van der Waals surface area contributed by atoms with E-state index in [1.165, 1.54) is 6.20 Å². The van der Waals surface area contributed by atoms with Crippen LogP contribution >= 0.6 is 23.2 Å². The third-order valence-corrected chi connectivity index (χ3v) is 7.82. The summed E-state index contributed by atoms with van der Waals surface area (Å²) in [5, 5.41) is 10.1. The summed E-state index contributed by atoms with van der Waals surface area (Å²) < 4.78 is 52.9. The van der Waals surface area contributed by atoms with Gasteiger partial charge in [0.15, 0.2) is 0 Å².